The lowest BCUT2D eigenvalue weighted by atomic mass is 10.1. The van der Waals surface area contributed by atoms with Crippen LogP contribution in [0.2, 0.25) is 0 Å². The largest absolute Gasteiger partial charge is 0.335 e. The van der Waals surface area contributed by atoms with Gasteiger partial charge in [-0.15, -0.1) is 16.8 Å². The maximum Gasteiger partial charge on any atom is 0.263 e. The number of hydrogen-bond acceptors (Lipinski definition) is 7. The number of nitrogens with zero attached hydrogens (tertiary/aromatic N) is 5. The first-order valence-electron chi connectivity index (χ1n) is 10.9. The van der Waals surface area contributed by atoms with Gasteiger partial charge in [-0.25, -0.2) is 8.42 Å². The van der Waals surface area contributed by atoms with Crippen molar-refractivity contribution >= 4 is 44.2 Å². The van der Waals surface area contributed by atoms with Gasteiger partial charge in [-0.3, -0.25) is 18.6 Å². The smallest absolute Gasteiger partial charge is 0.263 e. The van der Waals surface area contributed by atoms with Crippen LogP contribution in [0.15, 0.2) is 46.9 Å². The summed E-state index contributed by atoms with van der Waals surface area (Å²) in [5.41, 5.74) is 0.488. The molecule has 2 unspecified atom stereocenters. The first-order chi connectivity index (χ1) is 15.8. The molecule has 3 heterocycles. The van der Waals surface area contributed by atoms with Crippen LogP contribution in [-0.4, -0.2) is 67.7 Å². The Kier molecular flexibility index (Phi) is 6.62. The van der Waals surface area contributed by atoms with Crippen LogP contribution in [0, 0.1) is 0 Å². The molecule has 2 atom stereocenters. The van der Waals surface area contributed by atoms with E-state index >= 15 is 0 Å². The predicted molar refractivity (Wildman–Crippen MR) is 129 cm³/mol. The molecule has 0 bridgehead atoms. The molecule has 0 spiro atoms. The van der Waals surface area contributed by atoms with E-state index in [1.807, 2.05) is 26.0 Å². The van der Waals surface area contributed by atoms with Crippen LogP contribution >= 0.6 is 11.8 Å². The number of para-hydroxylation sites is 1. The summed E-state index contributed by atoms with van der Waals surface area (Å²) in [6.45, 7) is 7.94. The minimum absolute atomic E-state index is 0.0140. The van der Waals surface area contributed by atoms with E-state index in [0.29, 0.717) is 28.3 Å². The van der Waals surface area contributed by atoms with Crippen molar-refractivity contribution in [2.24, 2.45) is 0 Å². The molecule has 176 valence electrons. The summed E-state index contributed by atoms with van der Waals surface area (Å²) >= 11 is 1.23. The van der Waals surface area contributed by atoms with Gasteiger partial charge in [0.15, 0.2) is 15.0 Å². The SMILES string of the molecule is C=CCn1c(=O)c2ccccc2n2c(SCC(=O)N(C(C)CC)C3CCS(=O)(=O)C3)nnc12. The molecule has 1 saturated heterocycles. The number of hydrogen-bond donors (Lipinski definition) is 0. The van der Waals surface area contributed by atoms with E-state index in [9.17, 15) is 18.0 Å². The van der Waals surface area contributed by atoms with Crippen molar-refractivity contribution in [2.45, 2.75) is 50.5 Å². The standard InChI is InChI=1S/C22H27N5O4S2/c1-4-11-25-20(29)17-8-6-7-9-18(17)27-21(25)23-24-22(27)32-13-19(28)26(15(3)5-2)16-10-12-33(30,31)14-16/h4,6-9,15-16H,1,5,10-14H2,2-3H3. The number of aromatic nitrogens is 4. The van der Waals surface area contributed by atoms with Crippen LogP contribution in [0.5, 0.6) is 0 Å². The van der Waals surface area contributed by atoms with Crippen LogP contribution in [-0.2, 0) is 21.2 Å². The van der Waals surface area contributed by atoms with Gasteiger partial charge in [0, 0.05) is 18.6 Å². The number of fused-ring (bicyclic) bond motifs is 3. The van der Waals surface area contributed by atoms with E-state index in [2.05, 4.69) is 16.8 Å². The van der Waals surface area contributed by atoms with Gasteiger partial charge in [-0.05, 0) is 31.9 Å². The Morgan fingerprint density at radius 1 is 1.36 bits per heavy atom. The number of rotatable bonds is 8. The van der Waals surface area contributed by atoms with Crippen LogP contribution in [0.3, 0.4) is 0 Å². The van der Waals surface area contributed by atoms with Gasteiger partial charge in [-0.1, -0.05) is 36.9 Å². The van der Waals surface area contributed by atoms with Crippen molar-refractivity contribution in [3.63, 3.8) is 0 Å². The lowest BCUT2D eigenvalue weighted by molar-refractivity contribution is -0.132. The number of carbonyl (C=O) groups is 1. The van der Waals surface area contributed by atoms with Crippen molar-refractivity contribution in [1.82, 2.24) is 24.1 Å². The molecule has 1 aliphatic rings. The van der Waals surface area contributed by atoms with Crippen LogP contribution in [0.1, 0.15) is 26.7 Å². The van der Waals surface area contributed by atoms with Gasteiger partial charge in [0.25, 0.3) is 5.56 Å². The molecule has 0 radical (unpaired) electrons. The number of amides is 1. The Balaban J connectivity index is 1.67. The fourth-order valence-corrected chi connectivity index (χ4v) is 6.84. The summed E-state index contributed by atoms with van der Waals surface area (Å²) < 4.78 is 27.3. The van der Waals surface area contributed by atoms with E-state index in [-0.39, 0.29) is 47.4 Å². The van der Waals surface area contributed by atoms with Crippen LogP contribution < -0.4 is 5.56 Å². The van der Waals surface area contributed by atoms with E-state index in [4.69, 9.17) is 0 Å². The van der Waals surface area contributed by atoms with Crippen molar-refractivity contribution in [3.8, 4) is 0 Å². The highest BCUT2D eigenvalue weighted by molar-refractivity contribution is 7.99. The second-order valence-electron chi connectivity index (χ2n) is 8.24. The summed E-state index contributed by atoms with van der Waals surface area (Å²) in [5, 5.41) is 9.50. The minimum Gasteiger partial charge on any atom is -0.335 e. The molecule has 9 nitrogen and oxygen atoms in total. The molecular weight excluding hydrogens is 462 g/mol. The molecule has 3 aromatic rings. The van der Waals surface area contributed by atoms with Crippen molar-refractivity contribution < 1.29 is 13.2 Å². The average Bonchev–Trinajstić information content (AvgIpc) is 3.38. The summed E-state index contributed by atoms with van der Waals surface area (Å²) in [6.07, 6.45) is 2.83. The first-order valence-corrected chi connectivity index (χ1v) is 13.7. The third-order valence-electron chi connectivity index (χ3n) is 6.07. The van der Waals surface area contributed by atoms with E-state index < -0.39 is 9.84 Å². The Bertz CT molecular complexity index is 1380. The number of allylic oxidation sites excluding steroid dienone is 1. The van der Waals surface area contributed by atoms with Crippen molar-refractivity contribution in [1.29, 1.82) is 0 Å². The highest BCUT2D eigenvalue weighted by Crippen LogP contribution is 2.25. The second-order valence-corrected chi connectivity index (χ2v) is 11.4. The molecule has 0 aliphatic carbocycles. The van der Waals surface area contributed by atoms with E-state index in [1.54, 1.807) is 27.5 Å². The fourth-order valence-electron chi connectivity index (χ4n) is 4.32. The summed E-state index contributed by atoms with van der Waals surface area (Å²) in [6, 6.07) is 6.85. The maximum absolute atomic E-state index is 13.2. The lowest BCUT2D eigenvalue weighted by Crippen LogP contribution is -2.47. The molecular formula is C22H27N5O4S2. The van der Waals surface area contributed by atoms with Crippen LogP contribution in [0.25, 0.3) is 16.7 Å². The Morgan fingerprint density at radius 3 is 2.79 bits per heavy atom. The topological polar surface area (TPSA) is 107 Å². The Morgan fingerprint density at radius 2 is 2.12 bits per heavy atom. The molecule has 0 N–H and O–H groups in total. The normalized spacial score (nSPS) is 18.5. The molecule has 11 heteroatoms. The highest BCUT2D eigenvalue weighted by Gasteiger charge is 2.36. The van der Waals surface area contributed by atoms with Gasteiger partial charge in [0.2, 0.25) is 11.7 Å². The third kappa shape index (κ3) is 4.43. The monoisotopic (exact) mass is 489 g/mol. The lowest BCUT2D eigenvalue weighted by Gasteiger charge is -2.33. The zero-order valence-electron chi connectivity index (χ0n) is 18.7. The Hall–Kier alpha value is -2.66. The summed E-state index contributed by atoms with van der Waals surface area (Å²) in [7, 11) is -3.11. The van der Waals surface area contributed by atoms with Crippen molar-refractivity contribution in [2.75, 3.05) is 17.3 Å². The molecule has 33 heavy (non-hydrogen) atoms. The van der Waals surface area contributed by atoms with E-state index in [0.717, 1.165) is 6.42 Å². The van der Waals surface area contributed by atoms with Gasteiger partial charge in [0.1, 0.15) is 0 Å². The number of sulfone groups is 1. The summed E-state index contributed by atoms with van der Waals surface area (Å²) in [4.78, 5) is 27.9. The second kappa shape index (κ2) is 9.30. The number of carbonyl (C=O) groups excluding carboxylic acids is 1. The molecule has 1 amide bonds. The Labute approximate surface area is 196 Å². The minimum atomic E-state index is -3.11. The van der Waals surface area contributed by atoms with E-state index in [1.165, 1.54) is 16.3 Å². The van der Waals surface area contributed by atoms with Gasteiger partial charge >= 0.3 is 0 Å². The van der Waals surface area contributed by atoms with Gasteiger partial charge < -0.3 is 4.90 Å². The van der Waals surface area contributed by atoms with Gasteiger partial charge in [-0.2, -0.15) is 0 Å². The number of thioether (sulfide) groups is 1. The molecule has 1 aromatic carbocycles. The molecule has 4 rings (SSSR count). The van der Waals surface area contributed by atoms with Crippen molar-refractivity contribution in [3.05, 3.63) is 47.3 Å². The third-order valence-corrected chi connectivity index (χ3v) is 8.73. The summed E-state index contributed by atoms with van der Waals surface area (Å²) in [5.74, 6) is 0.481. The molecule has 0 saturated carbocycles. The zero-order chi connectivity index (χ0) is 23.8. The molecule has 2 aromatic heterocycles. The quantitative estimate of drug-likeness (QED) is 0.352. The molecule has 1 fully saturated rings. The fraction of sp³-hybridized carbons (Fsp3) is 0.455. The van der Waals surface area contributed by atoms with Gasteiger partial charge in [0.05, 0.1) is 28.2 Å². The van der Waals surface area contributed by atoms with Crippen LogP contribution in [0.4, 0.5) is 0 Å². The predicted octanol–water partition coefficient (Wildman–Crippen LogP) is 2.14. The number of benzene rings is 1. The average molecular weight is 490 g/mol. The zero-order valence-corrected chi connectivity index (χ0v) is 20.3. The maximum atomic E-state index is 13.2. The first kappa shape index (κ1) is 23.5. The molecule has 1 aliphatic heterocycles. The highest BCUT2D eigenvalue weighted by atomic mass is 32.2.